The molecule has 0 atom stereocenters. The molecule has 0 spiro atoms. The Morgan fingerprint density at radius 1 is 1.04 bits per heavy atom. The van der Waals surface area contributed by atoms with Gasteiger partial charge in [0.15, 0.2) is 0 Å². The molecule has 0 fully saturated rings. The van der Waals surface area contributed by atoms with Crippen molar-refractivity contribution < 1.29 is 14.0 Å². The van der Waals surface area contributed by atoms with Gasteiger partial charge < -0.3 is 0 Å². The Balaban J connectivity index is 1.56. The van der Waals surface area contributed by atoms with Gasteiger partial charge in [-0.1, -0.05) is 30.3 Å². The molecule has 2 N–H and O–H groups in total. The molecule has 0 aliphatic rings. The maximum atomic E-state index is 13.3. The third-order valence-electron chi connectivity index (χ3n) is 3.32. The van der Waals surface area contributed by atoms with Crippen molar-refractivity contribution in [2.24, 2.45) is 0 Å². The second-order valence-corrected chi connectivity index (χ2v) is 6.06. The highest BCUT2D eigenvalue weighted by molar-refractivity contribution is 7.13. The molecule has 0 radical (unpaired) electrons. The molecule has 126 valence electrons. The van der Waals surface area contributed by atoms with Crippen molar-refractivity contribution in [2.75, 3.05) is 0 Å². The van der Waals surface area contributed by atoms with Gasteiger partial charge in [-0.3, -0.25) is 20.4 Å². The molecule has 0 aliphatic heterocycles. The molecule has 1 heterocycles. The van der Waals surface area contributed by atoms with Crippen LogP contribution in [0.5, 0.6) is 0 Å². The van der Waals surface area contributed by atoms with Crippen LogP contribution >= 0.6 is 11.3 Å². The Morgan fingerprint density at radius 2 is 1.84 bits per heavy atom. The summed E-state index contributed by atoms with van der Waals surface area (Å²) in [4.78, 5) is 28.1. The lowest BCUT2D eigenvalue weighted by molar-refractivity contribution is -0.121. The summed E-state index contributed by atoms with van der Waals surface area (Å²) in [5.74, 6) is -1.12. The number of amides is 2. The summed E-state index contributed by atoms with van der Waals surface area (Å²) < 4.78 is 13.3. The first kappa shape index (κ1) is 16.8. The zero-order chi connectivity index (χ0) is 17.6. The van der Waals surface area contributed by atoms with E-state index in [2.05, 4.69) is 15.8 Å². The summed E-state index contributed by atoms with van der Waals surface area (Å²) >= 11 is 1.33. The zero-order valence-electron chi connectivity index (χ0n) is 13.0. The van der Waals surface area contributed by atoms with E-state index < -0.39 is 5.91 Å². The minimum absolute atomic E-state index is 0.0148. The van der Waals surface area contributed by atoms with Crippen LogP contribution in [0.15, 0.2) is 60.0 Å². The highest BCUT2D eigenvalue weighted by atomic mass is 32.1. The molecule has 7 heteroatoms. The number of nitrogens with one attached hydrogen (secondary N) is 2. The minimum Gasteiger partial charge on any atom is -0.273 e. The van der Waals surface area contributed by atoms with Gasteiger partial charge in [0.25, 0.3) is 5.91 Å². The number of hydrazine groups is 1. The molecule has 0 saturated carbocycles. The molecule has 1 aromatic heterocycles. The summed E-state index contributed by atoms with van der Waals surface area (Å²) in [6.07, 6.45) is 0.0148. The second-order valence-electron chi connectivity index (χ2n) is 5.20. The average Bonchev–Trinajstić information content (AvgIpc) is 3.09. The average molecular weight is 355 g/mol. The van der Waals surface area contributed by atoms with Crippen molar-refractivity contribution in [3.05, 3.63) is 77.1 Å². The van der Waals surface area contributed by atoms with Crippen LogP contribution in [0, 0.1) is 5.82 Å². The van der Waals surface area contributed by atoms with Gasteiger partial charge in [0.1, 0.15) is 10.8 Å². The Bertz CT molecular complexity index is 896. The van der Waals surface area contributed by atoms with E-state index in [1.807, 2.05) is 0 Å². The van der Waals surface area contributed by atoms with Crippen LogP contribution < -0.4 is 10.9 Å². The van der Waals surface area contributed by atoms with Gasteiger partial charge in [-0.15, -0.1) is 11.3 Å². The third-order valence-corrected chi connectivity index (χ3v) is 4.26. The first-order valence-corrected chi connectivity index (χ1v) is 8.34. The molecule has 5 nitrogen and oxygen atoms in total. The van der Waals surface area contributed by atoms with Crippen LogP contribution in [-0.2, 0) is 11.2 Å². The SMILES string of the molecule is O=C(Cc1csc(-c2cccc(F)c2)n1)NNC(=O)c1ccccc1. The summed E-state index contributed by atoms with van der Waals surface area (Å²) in [6.45, 7) is 0. The lowest BCUT2D eigenvalue weighted by Crippen LogP contribution is -2.42. The number of hydrogen-bond donors (Lipinski definition) is 2. The number of aromatic nitrogens is 1. The zero-order valence-corrected chi connectivity index (χ0v) is 13.8. The Labute approximate surface area is 147 Å². The van der Waals surface area contributed by atoms with E-state index in [1.165, 1.54) is 23.5 Å². The van der Waals surface area contributed by atoms with Gasteiger partial charge in [0, 0.05) is 16.5 Å². The number of carbonyl (C=O) groups excluding carboxylic acids is 2. The highest BCUT2D eigenvalue weighted by Crippen LogP contribution is 2.24. The fraction of sp³-hybridized carbons (Fsp3) is 0.0556. The van der Waals surface area contributed by atoms with Crippen LogP contribution in [0.4, 0.5) is 4.39 Å². The summed E-state index contributed by atoms with van der Waals surface area (Å²) in [5, 5.41) is 2.37. The highest BCUT2D eigenvalue weighted by Gasteiger charge is 2.11. The van der Waals surface area contributed by atoms with Gasteiger partial charge in [-0.25, -0.2) is 9.37 Å². The Kier molecular flexibility index (Phi) is 5.15. The van der Waals surface area contributed by atoms with E-state index in [4.69, 9.17) is 0 Å². The van der Waals surface area contributed by atoms with Crippen molar-refractivity contribution in [2.45, 2.75) is 6.42 Å². The topological polar surface area (TPSA) is 71.1 Å². The van der Waals surface area contributed by atoms with Crippen LogP contribution in [0.3, 0.4) is 0 Å². The number of hydrogen-bond acceptors (Lipinski definition) is 4. The monoisotopic (exact) mass is 355 g/mol. The van der Waals surface area contributed by atoms with E-state index in [-0.39, 0.29) is 18.1 Å². The number of carbonyl (C=O) groups is 2. The summed E-state index contributed by atoms with van der Waals surface area (Å²) in [6, 6.07) is 14.7. The molecule has 0 saturated heterocycles. The number of nitrogens with zero attached hydrogens (tertiary/aromatic N) is 1. The quantitative estimate of drug-likeness (QED) is 0.707. The van der Waals surface area contributed by atoms with Crippen molar-refractivity contribution in [3.8, 4) is 10.6 Å². The number of rotatable bonds is 4. The van der Waals surface area contributed by atoms with Crippen molar-refractivity contribution >= 4 is 23.2 Å². The second kappa shape index (κ2) is 7.67. The maximum absolute atomic E-state index is 13.3. The first-order chi connectivity index (χ1) is 12.1. The van der Waals surface area contributed by atoms with Crippen molar-refractivity contribution in [1.82, 2.24) is 15.8 Å². The van der Waals surface area contributed by atoms with E-state index in [0.717, 1.165) is 0 Å². The largest absolute Gasteiger partial charge is 0.273 e. The molecule has 0 bridgehead atoms. The molecule has 25 heavy (non-hydrogen) atoms. The normalized spacial score (nSPS) is 10.3. The maximum Gasteiger partial charge on any atom is 0.269 e. The molecular formula is C18H14FN3O2S. The number of halogens is 1. The molecule has 3 rings (SSSR count). The lowest BCUT2D eigenvalue weighted by atomic mass is 10.2. The van der Waals surface area contributed by atoms with E-state index in [1.54, 1.807) is 47.8 Å². The van der Waals surface area contributed by atoms with Crippen LogP contribution in [0.2, 0.25) is 0 Å². The molecule has 2 amide bonds. The van der Waals surface area contributed by atoms with Gasteiger partial charge >= 0.3 is 0 Å². The van der Waals surface area contributed by atoms with E-state index in [0.29, 0.717) is 21.8 Å². The van der Waals surface area contributed by atoms with Gasteiger partial charge in [-0.05, 0) is 24.3 Å². The fourth-order valence-electron chi connectivity index (χ4n) is 2.14. The van der Waals surface area contributed by atoms with Gasteiger partial charge in [0.2, 0.25) is 5.91 Å². The molecule has 0 unspecified atom stereocenters. The van der Waals surface area contributed by atoms with Crippen LogP contribution in [0.25, 0.3) is 10.6 Å². The van der Waals surface area contributed by atoms with Gasteiger partial charge in [0.05, 0.1) is 12.1 Å². The lowest BCUT2D eigenvalue weighted by Gasteiger charge is -2.06. The predicted molar refractivity (Wildman–Crippen MR) is 93.3 cm³/mol. The molecular weight excluding hydrogens is 341 g/mol. The smallest absolute Gasteiger partial charge is 0.269 e. The molecule has 0 aliphatic carbocycles. The van der Waals surface area contributed by atoms with Crippen LogP contribution in [-0.4, -0.2) is 16.8 Å². The Morgan fingerprint density at radius 3 is 2.60 bits per heavy atom. The molecule has 2 aromatic carbocycles. The summed E-state index contributed by atoms with van der Waals surface area (Å²) in [5.41, 5.74) is 6.37. The predicted octanol–water partition coefficient (Wildman–Crippen LogP) is 2.95. The minimum atomic E-state index is -0.396. The molecule has 3 aromatic rings. The van der Waals surface area contributed by atoms with Crippen molar-refractivity contribution in [1.29, 1.82) is 0 Å². The standard InChI is InChI=1S/C18H14FN3O2S/c19-14-8-4-7-13(9-14)18-20-15(11-25-18)10-16(23)21-22-17(24)12-5-2-1-3-6-12/h1-9,11H,10H2,(H,21,23)(H,22,24). The van der Waals surface area contributed by atoms with Crippen molar-refractivity contribution in [3.63, 3.8) is 0 Å². The Hall–Kier alpha value is -3.06. The number of thiazole rings is 1. The van der Waals surface area contributed by atoms with E-state index >= 15 is 0 Å². The van der Waals surface area contributed by atoms with Gasteiger partial charge in [-0.2, -0.15) is 0 Å². The van der Waals surface area contributed by atoms with E-state index in [9.17, 15) is 14.0 Å². The number of benzene rings is 2. The first-order valence-electron chi connectivity index (χ1n) is 7.46. The summed E-state index contributed by atoms with van der Waals surface area (Å²) in [7, 11) is 0. The fourth-order valence-corrected chi connectivity index (χ4v) is 2.96. The third kappa shape index (κ3) is 4.48. The van der Waals surface area contributed by atoms with Crippen LogP contribution in [0.1, 0.15) is 16.1 Å².